The molecule has 0 aliphatic carbocycles. The standard InChI is InChI=1S/C18H24N4O3/c1-3-21(12-15-10-7-11-25-15)18(24)16-19-13(2)17(23)22(20-16)14-8-5-4-6-9-14/h4-6,8-9,13,15H,3,7,10-12H2,1-2H3,(H,19,20)/t13-,15+/m1/s1. The molecule has 7 nitrogen and oxygen atoms in total. The number of benzene rings is 1. The maximum atomic E-state index is 12.9. The van der Waals surface area contributed by atoms with Gasteiger partial charge in [0.1, 0.15) is 6.04 Å². The van der Waals surface area contributed by atoms with Crippen molar-refractivity contribution < 1.29 is 14.3 Å². The van der Waals surface area contributed by atoms with Crippen LogP contribution in [0.4, 0.5) is 5.69 Å². The summed E-state index contributed by atoms with van der Waals surface area (Å²) in [7, 11) is 0. The van der Waals surface area contributed by atoms with Crippen molar-refractivity contribution in [2.75, 3.05) is 24.7 Å². The Labute approximate surface area is 147 Å². The van der Waals surface area contributed by atoms with Gasteiger partial charge < -0.3 is 9.64 Å². The lowest BCUT2D eigenvalue weighted by atomic mass is 10.2. The summed E-state index contributed by atoms with van der Waals surface area (Å²) in [6.07, 6.45) is 2.08. The number of para-hydroxylation sites is 1. The van der Waals surface area contributed by atoms with Gasteiger partial charge in [0.15, 0.2) is 0 Å². The van der Waals surface area contributed by atoms with Gasteiger partial charge in [-0.25, -0.2) is 10.0 Å². The summed E-state index contributed by atoms with van der Waals surface area (Å²) in [5, 5.41) is 1.39. The van der Waals surface area contributed by atoms with Crippen LogP contribution in [0.2, 0.25) is 0 Å². The van der Waals surface area contributed by atoms with E-state index in [9.17, 15) is 9.59 Å². The first-order valence-corrected chi connectivity index (χ1v) is 8.74. The number of amidine groups is 1. The lowest BCUT2D eigenvalue weighted by Gasteiger charge is -2.33. The third kappa shape index (κ3) is 3.82. The summed E-state index contributed by atoms with van der Waals surface area (Å²) in [4.78, 5) is 31.3. The first kappa shape index (κ1) is 17.4. The van der Waals surface area contributed by atoms with Gasteiger partial charge in [-0.05, 0) is 38.8 Å². The molecule has 1 aromatic rings. The van der Waals surface area contributed by atoms with Gasteiger partial charge in [-0.15, -0.1) is 0 Å². The number of hydrogen-bond acceptors (Lipinski definition) is 5. The van der Waals surface area contributed by atoms with Crippen molar-refractivity contribution in [1.29, 1.82) is 0 Å². The molecule has 2 atom stereocenters. The Hall–Kier alpha value is -2.41. The lowest BCUT2D eigenvalue weighted by molar-refractivity contribution is -0.126. The van der Waals surface area contributed by atoms with E-state index >= 15 is 0 Å². The number of carbonyl (C=O) groups excluding carboxylic acids is 2. The topological polar surface area (TPSA) is 74.2 Å². The van der Waals surface area contributed by atoms with Crippen LogP contribution >= 0.6 is 0 Å². The van der Waals surface area contributed by atoms with Crippen LogP contribution in [0.25, 0.3) is 0 Å². The molecule has 7 heteroatoms. The van der Waals surface area contributed by atoms with E-state index in [1.807, 2.05) is 37.3 Å². The quantitative estimate of drug-likeness (QED) is 0.875. The SMILES string of the molecule is CCN(C[C@@H]1CCCO1)C(=O)C1=N[C@H](C)C(=O)N(c2ccccc2)N1. The van der Waals surface area contributed by atoms with Crippen LogP contribution in [-0.4, -0.2) is 54.4 Å². The minimum absolute atomic E-state index is 0.0809. The number of nitrogens with zero attached hydrogens (tertiary/aromatic N) is 3. The average Bonchev–Trinajstić information content (AvgIpc) is 3.15. The smallest absolute Gasteiger partial charge is 0.290 e. The Morgan fingerprint density at radius 1 is 1.40 bits per heavy atom. The van der Waals surface area contributed by atoms with Gasteiger partial charge in [0.2, 0.25) is 5.84 Å². The largest absolute Gasteiger partial charge is 0.376 e. The number of aliphatic imine (C=N–C) groups is 1. The van der Waals surface area contributed by atoms with Crippen LogP contribution in [-0.2, 0) is 14.3 Å². The third-order valence-corrected chi connectivity index (χ3v) is 4.45. The molecule has 2 aliphatic heterocycles. The number of nitrogens with one attached hydrogen (secondary N) is 1. The summed E-state index contributed by atoms with van der Waals surface area (Å²) in [6, 6.07) is 8.59. The molecule has 0 spiro atoms. The lowest BCUT2D eigenvalue weighted by Crippen LogP contribution is -2.58. The minimum atomic E-state index is -0.609. The molecule has 0 bridgehead atoms. The van der Waals surface area contributed by atoms with E-state index in [0.29, 0.717) is 18.8 Å². The van der Waals surface area contributed by atoms with Crippen molar-refractivity contribution in [3.05, 3.63) is 30.3 Å². The maximum Gasteiger partial charge on any atom is 0.290 e. The minimum Gasteiger partial charge on any atom is -0.376 e. The Kier molecular flexibility index (Phi) is 5.33. The van der Waals surface area contributed by atoms with Crippen LogP contribution in [0.3, 0.4) is 0 Å². The molecule has 1 saturated heterocycles. The fourth-order valence-electron chi connectivity index (χ4n) is 3.04. The first-order valence-electron chi connectivity index (χ1n) is 8.74. The highest BCUT2D eigenvalue weighted by atomic mass is 16.5. The number of amides is 2. The molecule has 2 heterocycles. The van der Waals surface area contributed by atoms with Crippen LogP contribution in [0.5, 0.6) is 0 Å². The molecule has 1 N–H and O–H groups in total. The van der Waals surface area contributed by atoms with E-state index in [-0.39, 0.29) is 23.8 Å². The molecule has 2 amide bonds. The summed E-state index contributed by atoms with van der Waals surface area (Å²) < 4.78 is 5.63. The fourth-order valence-corrected chi connectivity index (χ4v) is 3.04. The maximum absolute atomic E-state index is 12.9. The van der Waals surface area contributed by atoms with E-state index in [0.717, 1.165) is 19.4 Å². The van der Waals surface area contributed by atoms with Crippen molar-refractivity contribution in [1.82, 2.24) is 10.3 Å². The zero-order valence-corrected chi connectivity index (χ0v) is 14.6. The summed E-state index contributed by atoms with van der Waals surface area (Å²) >= 11 is 0. The second kappa shape index (κ2) is 7.65. The molecule has 134 valence electrons. The van der Waals surface area contributed by atoms with Crippen molar-refractivity contribution in [3.63, 3.8) is 0 Å². The average molecular weight is 344 g/mol. The van der Waals surface area contributed by atoms with E-state index in [1.54, 1.807) is 11.8 Å². The third-order valence-electron chi connectivity index (χ3n) is 4.45. The van der Waals surface area contributed by atoms with Crippen molar-refractivity contribution in [2.45, 2.75) is 38.8 Å². The number of rotatable bonds is 5. The van der Waals surface area contributed by atoms with Crippen LogP contribution in [0.1, 0.15) is 26.7 Å². The number of anilines is 1. The number of hydrogen-bond donors (Lipinski definition) is 1. The molecule has 1 aromatic carbocycles. The zero-order valence-electron chi connectivity index (χ0n) is 14.6. The van der Waals surface area contributed by atoms with Crippen LogP contribution in [0.15, 0.2) is 35.3 Å². The van der Waals surface area contributed by atoms with Gasteiger partial charge in [0.05, 0.1) is 11.8 Å². The molecule has 3 rings (SSSR count). The Morgan fingerprint density at radius 3 is 2.80 bits per heavy atom. The Balaban J connectivity index is 1.76. The normalized spacial score (nSPS) is 23.2. The molecular weight excluding hydrogens is 320 g/mol. The number of ether oxygens (including phenoxy) is 1. The molecule has 0 aromatic heterocycles. The molecule has 2 aliphatic rings. The van der Waals surface area contributed by atoms with Gasteiger partial charge in [-0.2, -0.15) is 0 Å². The van der Waals surface area contributed by atoms with Crippen molar-refractivity contribution >= 4 is 23.3 Å². The highest BCUT2D eigenvalue weighted by molar-refractivity contribution is 6.39. The zero-order chi connectivity index (χ0) is 17.8. The highest BCUT2D eigenvalue weighted by Crippen LogP contribution is 2.17. The van der Waals surface area contributed by atoms with E-state index in [4.69, 9.17) is 4.74 Å². The molecule has 1 fully saturated rings. The summed E-state index contributed by atoms with van der Waals surface area (Å²) in [5.74, 6) is -0.209. The number of likely N-dealkylation sites (N-methyl/N-ethyl adjacent to an activating group) is 1. The van der Waals surface area contributed by atoms with E-state index in [1.165, 1.54) is 5.01 Å². The summed E-state index contributed by atoms with van der Waals surface area (Å²) in [6.45, 7) is 5.49. The first-order chi connectivity index (χ1) is 12.1. The van der Waals surface area contributed by atoms with Gasteiger partial charge in [-0.3, -0.25) is 15.0 Å². The molecule has 0 saturated carbocycles. The fraction of sp³-hybridized carbons (Fsp3) is 0.500. The van der Waals surface area contributed by atoms with Crippen molar-refractivity contribution in [2.24, 2.45) is 4.99 Å². The van der Waals surface area contributed by atoms with Crippen LogP contribution < -0.4 is 10.4 Å². The monoisotopic (exact) mass is 344 g/mol. The second-order valence-electron chi connectivity index (χ2n) is 6.25. The predicted octanol–water partition coefficient (Wildman–Crippen LogP) is 1.35. The Morgan fingerprint density at radius 2 is 2.16 bits per heavy atom. The predicted molar refractivity (Wildman–Crippen MR) is 95.2 cm³/mol. The molecule has 25 heavy (non-hydrogen) atoms. The van der Waals surface area contributed by atoms with Gasteiger partial charge in [0.25, 0.3) is 11.8 Å². The van der Waals surface area contributed by atoms with Gasteiger partial charge >= 0.3 is 0 Å². The van der Waals surface area contributed by atoms with E-state index < -0.39 is 6.04 Å². The Bertz CT molecular complexity index is 656. The highest BCUT2D eigenvalue weighted by Gasteiger charge is 2.33. The van der Waals surface area contributed by atoms with Gasteiger partial charge in [-0.1, -0.05) is 18.2 Å². The van der Waals surface area contributed by atoms with Crippen molar-refractivity contribution in [3.8, 4) is 0 Å². The second-order valence-corrected chi connectivity index (χ2v) is 6.25. The van der Waals surface area contributed by atoms with E-state index in [2.05, 4.69) is 10.4 Å². The summed E-state index contributed by atoms with van der Waals surface area (Å²) in [5.41, 5.74) is 3.57. The van der Waals surface area contributed by atoms with Crippen LogP contribution in [0, 0.1) is 0 Å². The number of hydrazine groups is 1. The molecular formula is C18H24N4O3. The molecule has 0 unspecified atom stereocenters. The van der Waals surface area contributed by atoms with Gasteiger partial charge in [0, 0.05) is 19.7 Å². The molecule has 0 radical (unpaired) electrons. The number of carbonyl (C=O) groups is 2.